The number of halogens is 1. The Hall–Kier alpha value is 0.240. The molecule has 0 radical (unpaired) electrons. The first kappa shape index (κ1) is 9.33. The third-order valence-corrected chi connectivity index (χ3v) is 3.40. The summed E-state index contributed by atoms with van der Waals surface area (Å²) in [7, 11) is -2.96. The van der Waals surface area contributed by atoms with Crippen LogP contribution in [0.15, 0.2) is 0 Å². The number of nitrogens with zero attached hydrogens (tertiary/aromatic N) is 2. The van der Waals surface area contributed by atoms with E-state index in [0.29, 0.717) is 5.01 Å². The lowest BCUT2D eigenvalue weighted by Gasteiger charge is -1.88. The zero-order chi connectivity index (χ0) is 8.48. The predicted octanol–water partition coefficient (Wildman–Crippen LogP) is 0.687. The summed E-state index contributed by atoms with van der Waals surface area (Å²) in [6.07, 6.45) is 1.18. The van der Waals surface area contributed by atoms with Gasteiger partial charge in [0, 0.05) is 6.26 Å². The summed E-state index contributed by atoms with van der Waals surface area (Å²) in [5.74, 6) is -0.00628. The maximum atomic E-state index is 10.7. The highest BCUT2D eigenvalue weighted by molar-refractivity contribution is 14.1. The van der Waals surface area contributed by atoms with Gasteiger partial charge in [-0.15, -0.1) is 10.2 Å². The molecule has 7 heteroatoms. The van der Waals surface area contributed by atoms with Crippen molar-refractivity contribution >= 4 is 43.8 Å². The van der Waals surface area contributed by atoms with E-state index in [4.69, 9.17) is 0 Å². The van der Waals surface area contributed by atoms with Gasteiger partial charge >= 0.3 is 0 Å². The molecule has 0 saturated heterocycles. The molecule has 1 heterocycles. The van der Waals surface area contributed by atoms with Crippen molar-refractivity contribution < 1.29 is 8.42 Å². The topological polar surface area (TPSA) is 59.9 Å². The van der Waals surface area contributed by atoms with Crippen LogP contribution >= 0.6 is 33.9 Å². The van der Waals surface area contributed by atoms with Crippen molar-refractivity contribution in [3.05, 3.63) is 8.02 Å². The fourth-order valence-electron chi connectivity index (χ4n) is 0.516. The number of sulfone groups is 1. The molecule has 1 aromatic rings. The van der Waals surface area contributed by atoms with Gasteiger partial charge in [0.25, 0.3) is 0 Å². The van der Waals surface area contributed by atoms with Crippen molar-refractivity contribution in [2.24, 2.45) is 0 Å². The minimum atomic E-state index is -2.96. The smallest absolute Gasteiger partial charge is 0.178 e. The standard InChI is InChI=1S/C4H5IN2O2S2/c1-11(8,9)2-3-6-7-4(5)10-3/h2H2,1H3. The summed E-state index contributed by atoms with van der Waals surface area (Å²) in [6, 6.07) is 0. The van der Waals surface area contributed by atoms with Crippen LogP contribution in [0.3, 0.4) is 0 Å². The molecule has 0 aliphatic heterocycles. The molecule has 1 rings (SSSR count). The molecule has 11 heavy (non-hydrogen) atoms. The van der Waals surface area contributed by atoms with E-state index in [2.05, 4.69) is 10.2 Å². The molecule has 62 valence electrons. The third-order valence-electron chi connectivity index (χ3n) is 0.828. The minimum absolute atomic E-state index is 0.00628. The summed E-state index contributed by atoms with van der Waals surface area (Å²) in [6.45, 7) is 0. The molecule has 1 aromatic heterocycles. The highest BCUT2D eigenvalue weighted by Crippen LogP contribution is 2.13. The summed E-state index contributed by atoms with van der Waals surface area (Å²) in [4.78, 5) is 0. The summed E-state index contributed by atoms with van der Waals surface area (Å²) in [5.41, 5.74) is 0. The molecule has 4 nitrogen and oxygen atoms in total. The minimum Gasteiger partial charge on any atom is -0.229 e. The summed E-state index contributed by atoms with van der Waals surface area (Å²) >= 11 is 3.30. The van der Waals surface area contributed by atoms with Gasteiger partial charge in [0.15, 0.2) is 12.9 Å². The molecule has 0 bridgehead atoms. The van der Waals surface area contributed by atoms with E-state index in [0.717, 1.165) is 3.01 Å². The molecular formula is C4H5IN2O2S2. The van der Waals surface area contributed by atoms with E-state index in [1.54, 1.807) is 0 Å². The van der Waals surface area contributed by atoms with Crippen LogP contribution in [0.5, 0.6) is 0 Å². The van der Waals surface area contributed by atoms with E-state index in [-0.39, 0.29) is 5.75 Å². The lowest BCUT2D eigenvalue weighted by atomic mass is 10.9. The Kier molecular flexibility index (Phi) is 2.81. The zero-order valence-electron chi connectivity index (χ0n) is 5.61. The number of hydrogen-bond acceptors (Lipinski definition) is 5. The van der Waals surface area contributed by atoms with Crippen LogP contribution in [0.25, 0.3) is 0 Å². The van der Waals surface area contributed by atoms with E-state index in [1.165, 1.54) is 17.6 Å². The van der Waals surface area contributed by atoms with E-state index >= 15 is 0 Å². The van der Waals surface area contributed by atoms with Gasteiger partial charge in [-0.1, -0.05) is 11.3 Å². The number of hydrogen-bond donors (Lipinski definition) is 0. The van der Waals surface area contributed by atoms with Crippen molar-refractivity contribution in [3.8, 4) is 0 Å². The van der Waals surface area contributed by atoms with Gasteiger partial charge < -0.3 is 0 Å². The summed E-state index contributed by atoms with van der Waals surface area (Å²) < 4.78 is 22.3. The molecule has 0 atom stereocenters. The fourth-order valence-corrected chi connectivity index (χ4v) is 3.13. The molecule has 0 N–H and O–H groups in total. The Bertz CT molecular complexity index is 345. The lowest BCUT2D eigenvalue weighted by Crippen LogP contribution is -1.99. The van der Waals surface area contributed by atoms with Crippen LogP contribution in [-0.4, -0.2) is 24.9 Å². The van der Waals surface area contributed by atoms with E-state index in [1.807, 2.05) is 22.6 Å². The van der Waals surface area contributed by atoms with Crippen molar-refractivity contribution in [1.29, 1.82) is 0 Å². The highest BCUT2D eigenvalue weighted by Gasteiger charge is 2.08. The Balaban J connectivity index is 2.81. The van der Waals surface area contributed by atoms with Crippen molar-refractivity contribution in [2.45, 2.75) is 5.75 Å². The Labute approximate surface area is 82.1 Å². The van der Waals surface area contributed by atoms with Crippen LogP contribution in [0.1, 0.15) is 5.01 Å². The van der Waals surface area contributed by atoms with Crippen molar-refractivity contribution in [2.75, 3.05) is 6.26 Å². The van der Waals surface area contributed by atoms with Gasteiger partial charge in [-0.05, 0) is 22.6 Å². The Morgan fingerprint density at radius 2 is 2.18 bits per heavy atom. The summed E-state index contributed by atoms with van der Waals surface area (Å²) in [5, 5.41) is 7.93. The van der Waals surface area contributed by atoms with Crippen LogP contribution in [0.2, 0.25) is 0 Å². The van der Waals surface area contributed by atoms with Gasteiger partial charge in [0.05, 0.1) is 0 Å². The van der Waals surface area contributed by atoms with Gasteiger partial charge in [-0.2, -0.15) is 0 Å². The zero-order valence-corrected chi connectivity index (χ0v) is 9.40. The molecule has 0 aliphatic rings. The van der Waals surface area contributed by atoms with E-state index in [9.17, 15) is 8.42 Å². The molecular weight excluding hydrogens is 299 g/mol. The number of rotatable bonds is 2. The third kappa shape index (κ3) is 3.43. The maximum absolute atomic E-state index is 10.7. The molecule has 0 saturated carbocycles. The largest absolute Gasteiger partial charge is 0.229 e. The van der Waals surface area contributed by atoms with Gasteiger partial charge in [0.1, 0.15) is 10.8 Å². The predicted molar refractivity (Wildman–Crippen MR) is 51.2 cm³/mol. The first-order valence-corrected chi connectivity index (χ1v) is 6.58. The van der Waals surface area contributed by atoms with Gasteiger partial charge in [-0.3, -0.25) is 0 Å². The van der Waals surface area contributed by atoms with Gasteiger partial charge in [0.2, 0.25) is 0 Å². The molecule has 0 aliphatic carbocycles. The van der Waals surface area contributed by atoms with Crippen LogP contribution in [-0.2, 0) is 15.6 Å². The first-order valence-electron chi connectivity index (χ1n) is 2.63. The second-order valence-electron chi connectivity index (χ2n) is 2.02. The van der Waals surface area contributed by atoms with Crippen LogP contribution in [0.4, 0.5) is 0 Å². The fraction of sp³-hybridized carbons (Fsp3) is 0.500. The second kappa shape index (κ2) is 3.31. The second-order valence-corrected chi connectivity index (χ2v) is 6.97. The van der Waals surface area contributed by atoms with Gasteiger partial charge in [-0.25, -0.2) is 8.42 Å². The molecule has 0 aromatic carbocycles. The normalized spacial score (nSPS) is 11.8. The molecule has 0 unspecified atom stereocenters. The first-order chi connectivity index (χ1) is 4.97. The molecule has 0 spiro atoms. The number of aromatic nitrogens is 2. The van der Waals surface area contributed by atoms with Crippen molar-refractivity contribution in [1.82, 2.24) is 10.2 Å². The van der Waals surface area contributed by atoms with Crippen LogP contribution < -0.4 is 0 Å². The van der Waals surface area contributed by atoms with Crippen LogP contribution in [0, 0.1) is 3.01 Å². The monoisotopic (exact) mass is 304 g/mol. The SMILES string of the molecule is CS(=O)(=O)Cc1nnc(I)s1. The Morgan fingerprint density at radius 1 is 1.55 bits per heavy atom. The Morgan fingerprint density at radius 3 is 2.55 bits per heavy atom. The van der Waals surface area contributed by atoms with Crippen molar-refractivity contribution in [3.63, 3.8) is 0 Å². The van der Waals surface area contributed by atoms with E-state index < -0.39 is 9.84 Å². The quantitative estimate of drug-likeness (QED) is 0.754. The average Bonchev–Trinajstić information content (AvgIpc) is 2.10. The molecule has 0 fully saturated rings. The highest BCUT2D eigenvalue weighted by atomic mass is 127. The average molecular weight is 304 g/mol. The maximum Gasteiger partial charge on any atom is 0.178 e. The lowest BCUT2D eigenvalue weighted by molar-refractivity contribution is 0.600. The molecule has 0 amide bonds.